The summed E-state index contributed by atoms with van der Waals surface area (Å²) in [5.74, 6) is 0. The number of hydrogen-bond donors (Lipinski definition) is 0. The fourth-order valence-corrected chi connectivity index (χ4v) is 1.94. The van der Waals surface area contributed by atoms with Gasteiger partial charge in [-0.3, -0.25) is 4.79 Å². The summed E-state index contributed by atoms with van der Waals surface area (Å²) in [6.07, 6.45) is 4.73. The van der Waals surface area contributed by atoms with Crippen LogP contribution < -0.4 is 0 Å². The molecule has 0 saturated heterocycles. The Morgan fingerprint density at radius 3 is 2.67 bits per heavy atom. The summed E-state index contributed by atoms with van der Waals surface area (Å²) < 4.78 is 1.95. The molecule has 0 amide bonds. The van der Waals surface area contributed by atoms with E-state index in [9.17, 15) is 4.79 Å². The Labute approximate surface area is 87.7 Å². The molecule has 12 heavy (non-hydrogen) atoms. The molecular formula is C9H5Br2O. The van der Waals surface area contributed by atoms with Crippen LogP contribution in [-0.4, -0.2) is 6.29 Å². The zero-order valence-corrected chi connectivity index (χ0v) is 9.22. The molecule has 0 aromatic heterocycles. The maximum Gasteiger partial charge on any atom is 0.225 e. The van der Waals surface area contributed by atoms with Crippen molar-refractivity contribution in [3.05, 3.63) is 38.8 Å². The normalized spacial score (nSPS) is 10.5. The summed E-state index contributed by atoms with van der Waals surface area (Å²) in [6, 6.07) is 5.74. The molecule has 0 unspecified atom stereocenters. The maximum absolute atomic E-state index is 9.92. The molecule has 0 spiro atoms. The minimum atomic E-state index is 0.948. The third kappa shape index (κ3) is 2.57. The predicted octanol–water partition coefficient (Wildman–Crippen LogP) is 3.33. The number of allylic oxidation sites excluding steroid dienone is 1. The van der Waals surface area contributed by atoms with Gasteiger partial charge in [-0.05, 0) is 29.8 Å². The molecule has 0 heterocycles. The van der Waals surface area contributed by atoms with Crippen LogP contribution in [-0.2, 0) is 4.79 Å². The van der Waals surface area contributed by atoms with Gasteiger partial charge in [-0.2, -0.15) is 0 Å². The molecule has 3 heteroatoms. The summed E-state index contributed by atoms with van der Waals surface area (Å²) in [5, 5.41) is 0. The van der Waals surface area contributed by atoms with Crippen LogP contribution in [0.4, 0.5) is 0 Å². The van der Waals surface area contributed by atoms with Crippen molar-refractivity contribution in [2.75, 3.05) is 0 Å². The van der Waals surface area contributed by atoms with Gasteiger partial charge in [-0.25, -0.2) is 0 Å². The molecule has 1 nitrogen and oxygen atoms in total. The van der Waals surface area contributed by atoms with Gasteiger partial charge >= 0.3 is 0 Å². The minimum Gasteiger partial charge on any atom is -0.286 e. The Balaban J connectivity index is 3.01. The van der Waals surface area contributed by atoms with Gasteiger partial charge in [0.2, 0.25) is 6.29 Å². The van der Waals surface area contributed by atoms with Crippen LogP contribution in [0.15, 0.2) is 33.2 Å². The van der Waals surface area contributed by atoms with Crippen LogP contribution in [0.3, 0.4) is 0 Å². The van der Waals surface area contributed by atoms with Crippen molar-refractivity contribution in [1.82, 2.24) is 0 Å². The maximum atomic E-state index is 9.92. The van der Waals surface area contributed by atoms with Crippen LogP contribution in [0.2, 0.25) is 0 Å². The first-order chi connectivity index (χ1) is 5.74. The van der Waals surface area contributed by atoms with E-state index in [1.165, 1.54) is 6.08 Å². The lowest BCUT2D eigenvalue weighted by atomic mass is 10.2. The summed E-state index contributed by atoms with van der Waals surface area (Å²) in [6.45, 7) is 0. The number of carbonyl (C=O) groups excluding carboxylic acids is 1. The highest BCUT2D eigenvalue weighted by molar-refractivity contribution is 9.11. The highest BCUT2D eigenvalue weighted by Crippen LogP contribution is 2.22. The van der Waals surface area contributed by atoms with E-state index in [-0.39, 0.29) is 0 Å². The second-order valence-electron chi connectivity index (χ2n) is 2.12. The SMILES string of the molecule is O=[C]C=Cc1ccc(Br)cc1Br. The molecule has 0 aliphatic carbocycles. The highest BCUT2D eigenvalue weighted by atomic mass is 79.9. The van der Waals surface area contributed by atoms with E-state index >= 15 is 0 Å². The standard InChI is InChI=1S/C9H5Br2O/c10-8-4-3-7(2-1-5-12)9(11)6-8/h1-4,6H. The second kappa shape index (κ2) is 4.58. The monoisotopic (exact) mass is 287 g/mol. The highest BCUT2D eigenvalue weighted by Gasteiger charge is 1.95. The summed E-state index contributed by atoms with van der Waals surface area (Å²) in [7, 11) is 0. The summed E-state index contributed by atoms with van der Waals surface area (Å²) >= 11 is 6.70. The predicted molar refractivity (Wildman–Crippen MR) is 56.6 cm³/mol. The molecule has 1 aromatic rings. The third-order valence-corrected chi connectivity index (χ3v) is 2.47. The molecule has 0 bridgehead atoms. The van der Waals surface area contributed by atoms with Gasteiger partial charge in [0.25, 0.3) is 0 Å². The topological polar surface area (TPSA) is 17.1 Å². The Kier molecular flexibility index (Phi) is 3.69. The number of rotatable bonds is 2. The number of hydrogen-bond acceptors (Lipinski definition) is 1. The molecule has 0 fully saturated rings. The molecule has 0 saturated carbocycles. The van der Waals surface area contributed by atoms with E-state index in [2.05, 4.69) is 31.9 Å². The van der Waals surface area contributed by atoms with Gasteiger partial charge in [-0.1, -0.05) is 37.9 Å². The zero-order valence-electron chi connectivity index (χ0n) is 6.05. The Morgan fingerprint density at radius 2 is 2.08 bits per heavy atom. The molecule has 0 N–H and O–H groups in total. The van der Waals surface area contributed by atoms with Gasteiger partial charge in [0.15, 0.2) is 0 Å². The largest absolute Gasteiger partial charge is 0.286 e. The minimum absolute atomic E-state index is 0.948. The van der Waals surface area contributed by atoms with Crippen molar-refractivity contribution in [3.63, 3.8) is 0 Å². The summed E-state index contributed by atoms with van der Waals surface area (Å²) in [4.78, 5) is 9.92. The third-order valence-electron chi connectivity index (χ3n) is 1.29. The fourth-order valence-electron chi connectivity index (χ4n) is 0.760. The van der Waals surface area contributed by atoms with Crippen molar-refractivity contribution in [2.24, 2.45) is 0 Å². The van der Waals surface area contributed by atoms with Gasteiger partial charge < -0.3 is 0 Å². The fraction of sp³-hybridized carbons (Fsp3) is 0. The second-order valence-corrected chi connectivity index (χ2v) is 3.89. The number of halogens is 2. The first-order valence-electron chi connectivity index (χ1n) is 3.23. The lowest BCUT2D eigenvalue weighted by Crippen LogP contribution is -1.75. The zero-order chi connectivity index (χ0) is 8.97. The van der Waals surface area contributed by atoms with Crippen molar-refractivity contribution in [3.8, 4) is 0 Å². The average Bonchev–Trinajstić information content (AvgIpc) is 2.03. The van der Waals surface area contributed by atoms with E-state index in [0.29, 0.717) is 0 Å². The van der Waals surface area contributed by atoms with Gasteiger partial charge in [0, 0.05) is 8.95 Å². The molecule has 0 aliphatic rings. The van der Waals surface area contributed by atoms with E-state index in [4.69, 9.17) is 0 Å². The van der Waals surface area contributed by atoms with Gasteiger partial charge in [0.1, 0.15) is 0 Å². The molecule has 1 rings (SSSR count). The Morgan fingerprint density at radius 1 is 1.33 bits per heavy atom. The van der Waals surface area contributed by atoms with Crippen LogP contribution >= 0.6 is 31.9 Å². The van der Waals surface area contributed by atoms with Crippen LogP contribution in [0.5, 0.6) is 0 Å². The first-order valence-corrected chi connectivity index (χ1v) is 4.82. The first kappa shape index (κ1) is 9.68. The average molecular weight is 289 g/mol. The van der Waals surface area contributed by atoms with Gasteiger partial charge in [0.05, 0.1) is 0 Å². The Bertz CT molecular complexity index is 318. The van der Waals surface area contributed by atoms with Crippen LogP contribution in [0, 0.1) is 0 Å². The molecule has 1 radical (unpaired) electrons. The molecule has 0 atom stereocenters. The van der Waals surface area contributed by atoms with E-state index in [1.807, 2.05) is 18.2 Å². The van der Waals surface area contributed by atoms with Crippen LogP contribution in [0.25, 0.3) is 6.08 Å². The number of benzene rings is 1. The Hall–Kier alpha value is -0.410. The van der Waals surface area contributed by atoms with Crippen molar-refractivity contribution >= 4 is 44.2 Å². The molecule has 61 valence electrons. The van der Waals surface area contributed by atoms with E-state index in [0.717, 1.165) is 14.5 Å². The van der Waals surface area contributed by atoms with Crippen molar-refractivity contribution < 1.29 is 4.79 Å². The van der Waals surface area contributed by atoms with Crippen LogP contribution in [0.1, 0.15) is 5.56 Å². The van der Waals surface area contributed by atoms with E-state index in [1.54, 1.807) is 12.4 Å². The van der Waals surface area contributed by atoms with Crippen molar-refractivity contribution in [1.29, 1.82) is 0 Å². The summed E-state index contributed by atoms with van der Waals surface area (Å²) in [5.41, 5.74) is 0.960. The molecule has 0 aliphatic heterocycles. The van der Waals surface area contributed by atoms with Gasteiger partial charge in [-0.15, -0.1) is 0 Å². The molecule has 1 aromatic carbocycles. The smallest absolute Gasteiger partial charge is 0.225 e. The lowest BCUT2D eigenvalue weighted by Gasteiger charge is -1.97. The quantitative estimate of drug-likeness (QED) is 0.763. The van der Waals surface area contributed by atoms with E-state index < -0.39 is 0 Å². The molecular weight excluding hydrogens is 284 g/mol. The lowest BCUT2D eigenvalue weighted by molar-refractivity contribution is 0.564. The van der Waals surface area contributed by atoms with Crippen molar-refractivity contribution in [2.45, 2.75) is 0 Å².